The maximum absolute atomic E-state index is 12.7. The average Bonchev–Trinajstić information content (AvgIpc) is 1.92. The highest BCUT2D eigenvalue weighted by molar-refractivity contribution is 8.01. The molecule has 2 atom stereocenters. The van der Waals surface area contributed by atoms with Crippen LogP contribution in [-0.2, 0) is 0 Å². The summed E-state index contributed by atoms with van der Waals surface area (Å²) in [6, 6.07) is 0. The topological polar surface area (TPSA) is 0 Å². The third-order valence-corrected chi connectivity index (χ3v) is 2.86. The van der Waals surface area contributed by atoms with Crippen molar-refractivity contribution in [2.24, 2.45) is 0 Å². The standard InChI is InChI=1S/C5H4F6S/c1-3(7)2(6)12-5(10,11)4(3,8)9/h2H,1H3. The Morgan fingerprint density at radius 2 is 1.50 bits per heavy atom. The highest BCUT2D eigenvalue weighted by Gasteiger charge is 2.78. The minimum atomic E-state index is -4.95. The molecular weight excluding hydrogens is 206 g/mol. The Morgan fingerprint density at radius 1 is 1.08 bits per heavy atom. The Hall–Kier alpha value is -0.0700. The lowest BCUT2D eigenvalue weighted by molar-refractivity contribution is -0.217. The Balaban J connectivity index is 3.10. The summed E-state index contributed by atoms with van der Waals surface area (Å²) in [6.07, 6.45) is 0. The number of hydrogen-bond acceptors (Lipinski definition) is 1. The number of rotatable bonds is 0. The predicted octanol–water partition coefficient (Wildman–Crippen LogP) is 2.99. The highest BCUT2D eigenvalue weighted by Crippen LogP contribution is 2.62. The molecule has 0 radical (unpaired) electrons. The van der Waals surface area contributed by atoms with E-state index in [1.165, 1.54) is 0 Å². The summed E-state index contributed by atoms with van der Waals surface area (Å²) in [5.74, 6) is -4.95. The summed E-state index contributed by atoms with van der Waals surface area (Å²) in [6.45, 7) is 0.131. The van der Waals surface area contributed by atoms with Gasteiger partial charge in [-0.25, -0.2) is 8.78 Å². The molecule has 1 aliphatic heterocycles. The molecule has 0 spiro atoms. The summed E-state index contributed by atoms with van der Waals surface area (Å²) >= 11 is -0.988. The van der Waals surface area contributed by atoms with Crippen molar-refractivity contribution in [3.63, 3.8) is 0 Å². The van der Waals surface area contributed by atoms with E-state index in [9.17, 15) is 26.3 Å². The maximum atomic E-state index is 12.7. The minimum absolute atomic E-state index is 0.131. The summed E-state index contributed by atoms with van der Waals surface area (Å²) in [4.78, 5) is 0. The van der Waals surface area contributed by atoms with Crippen molar-refractivity contribution in [1.82, 2.24) is 0 Å². The third kappa shape index (κ3) is 0.946. The normalized spacial score (nSPS) is 44.8. The summed E-state index contributed by atoms with van der Waals surface area (Å²) in [5, 5.41) is -4.67. The fourth-order valence-corrected chi connectivity index (χ4v) is 1.72. The molecule has 1 rings (SSSR count). The molecule has 0 aromatic rings. The molecule has 0 amide bonds. The van der Waals surface area contributed by atoms with Gasteiger partial charge in [-0.2, -0.15) is 17.6 Å². The molecule has 1 saturated heterocycles. The van der Waals surface area contributed by atoms with Crippen LogP contribution in [0, 0.1) is 0 Å². The average molecular weight is 210 g/mol. The molecule has 1 aliphatic rings. The smallest absolute Gasteiger partial charge is 0.233 e. The number of thioether (sulfide) groups is 1. The van der Waals surface area contributed by atoms with Gasteiger partial charge in [-0.05, 0) is 18.7 Å². The zero-order valence-corrected chi connectivity index (χ0v) is 6.57. The van der Waals surface area contributed by atoms with Gasteiger partial charge in [0.15, 0.2) is 5.50 Å². The van der Waals surface area contributed by atoms with E-state index < -0.39 is 34.1 Å². The van der Waals surface area contributed by atoms with Crippen LogP contribution >= 0.6 is 11.8 Å². The molecule has 0 bridgehead atoms. The Bertz CT molecular complexity index is 200. The van der Waals surface area contributed by atoms with Gasteiger partial charge in [0.25, 0.3) is 0 Å². The van der Waals surface area contributed by atoms with Gasteiger partial charge in [0, 0.05) is 0 Å². The first-order valence-corrected chi connectivity index (χ1v) is 3.77. The van der Waals surface area contributed by atoms with Crippen LogP contribution in [0.15, 0.2) is 0 Å². The molecule has 7 heteroatoms. The van der Waals surface area contributed by atoms with Gasteiger partial charge in [-0.3, -0.25) is 0 Å². The number of hydrogen-bond donors (Lipinski definition) is 0. The lowest BCUT2D eigenvalue weighted by Gasteiger charge is -2.24. The fraction of sp³-hybridized carbons (Fsp3) is 1.00. The van der Waals surface area contributed by atoms with Crippen LogP contribution in [-0.4, -0.2) is 22.3 Å². The second kappa shape index (κ2) is 2.24. The number of halogens is 6. The zero-order valence-electron chi connectivity index (χ0n) is 5.75. The maximum Gasteiger partial charge on any atom is 0.362 e. The molecule has 0 aromatic heterocycles. The van der Waals surface area contributed by atoms with Crippen molar-refractivity contribution < 1.29 is 26.3 Å². The van der Waals surface area contributed by atoms with Crippen LogP contribution in [0.25, 0.3) is 0 Å². The van der Waals surface area contributed by atoms with Crippen molar-refractivity contribution in [2.45, 2.75) is 29.3 Å². The molecule has 0 aromatic carbocycles. The zero-order chi connectivity index (χ0) is 9.78. The van der Waals surface area contributed by atoms with Crippen LogP contribution < -0.4 is 0 Å². The second-order valence-electron chi connectivity index (χ2n) is 2.60. The van der Waals surface area contributed by atoms with Gasteiger partial charge in [-0.1, -0.05) is 0 Å². The Morgan fingerprint density at radius 3 is 1.58 bits per heavy atom. The van der Waals surface area contributed by atoms with Crippen LogP contribution in [0.5, 0.6) is 0 Å². The van der Waals surface area contributed by atoms with Crippen LogP contribution in [0.2, 0.25) is 0 Å². The highest BCUT2D eigenvalue weighted by atomic mass is 32.2. The van der Waals surface area contributed by atoms with E-state index in [0.29, 0.717) is 0 Å². The molecule has 72 valence electrons. The minimum Gasteiger partial charge on any atom is -0.233 e. The summed E-state index contributed by atoms with van der Waals surface area (Å²) < 4.78 is 74.1. The molecule has 0 nitrogen and oxygen atoms in total. The van der Waals surface area contributed by atoms with Crippen LogP contribution in [0.3, 0.4) is 0 Å². The molecule has 1 fully saturated rings. The lowest BCUT2D eigenvalue weighted by Crippen LogP contribution is -2.49. The second-order valence-corrected chi connectivity index (χ2v) is 3.76. The van der Waals surface area contributed by atoms with Gasteiger partial charge in [0.05, 0.1) is 0 Å². The van der Waals surface area contributed by atoms with Crippen molar-refractivity contribution in [1.29, 1.82) is 0 Å². The van der Waals surface area contributed by atoms with Crippen molar-refractivity contribution in [2.75, 3.05) is 0 Å². The van der Waals surface area contributed by atoms with E-state index in [0.717, 1.165) is 0 Å². The largest absolute Gasteiger partial charge is 0.362 e. The van der Waals surface area contributed by atoms with Gasteiger partial charge >= 0.3 is 11.2 Å². The summed E-state index contributed by atoms with van der Waals surface area (Å²) in [5.41, 5.74) is -6.70. The van der Waals surface area contributed by atoms with E-state index in [2.05, 4.69) is 0 Å². The predicted molar refractivity (Wildman–Crippen MR) is 31.9 cm³/mol. The fourth-order valence-electron chi connectivity index (χ4n) is 0.742. The van der Waals surface area contributed by atoms with E-state index >= 15 is 0 Å². The quantitative estimate of drug-likeness (QED) is 0.554. The molecular formula is C5H4F6S. The molecule has 2 unspecified atom stereocenters. The first-order chi connectivity index (χ1) is 5.13. The molecule has 0 saturated carbocycles. The Kier molecular flexibility index (Phi) is 1.87. The van der Waals surface area contributed by atoms with E-state index in [1.807, 2.05) is 0 Å². The monoisotopic (exact) mass is 210 g/mol. The van der Waals surface area contributed by atoms with E-state index in [-0.39, 0.29) is 6.92 Å². The van der Waals surface area contributed by atoms with Crippen LogP contribution in [0.4, 0.5) is 26.3 Å². The SMILES string of the molecule is CC1(F)C(F)SC(F)(F)C1(F)F. The third-order valence-electron chi connectivity index (χ3n) is 1.66. The van der Waals surface area contributed by atoms with E-state index in [1.54, 1.807) is 0 Å². The molecule has 0 aliphatic carbocycles. The lowest BCUT2D eigenvalue weighted by atomic mass is 10.0. The van der Waals surface area contributed by atoms with Gasteiger partial charge < -0.3 is 0 Å². The first kappa shape index (κ1) is 10.0. The number of alkyl halides is 6. The summed E-state index contributed by atoms with van der Waals surface area (Å²) in [7, 11) is 0. The van der Waals surface area contributed by atoms with Crippen molar-refractivity contribution >= 4 is 11.8 Å². The van der Waals surface area contributed by atoms with Gasteiger partial charge in [-0.15, -0.1) is 0 Å². The first-order valence-electron chi connectivity index (χ1n) is 2.89. The molecule has 0 N–H and O–H groups in total. The molecule has 1 heterocycles. The Labute approximate surface area is 68.3 Å². The van der Waals surface area contributed by atoms with Gasteiger partial charge in [0.1, 0.15) is 0 Å². The van der Waals surface area contributed by atoms with Crippen molar-refractivity contribution in [3.8, 4) is 0 Å². The van der Waals surface area contributed by atoms with Crippen LogP contribution in [0.1, 0.15) is 6.92 Å². The molecule has 12 heavy (non-hydrogen) atoms. The van der Waals surface area contributed by atoms with E-state index in [4.69, 9.17) is 0 Å². The van der Waals surface area contributed by atoms with Gasteiger partial charge in [0.2, 0.25) is 5.67 Å². The van der Waals surface area contributed by atoms with Crippen molar-refractivity contribution in [3.05, 3.63) is 0 Å².